The van der Waals surface area contributed by atoms with E-state index in [0.29, 0.717) is 27.7 Å². The van der Waals surface area contributed by atoms with Crippen LogP contribution in [0.3, 0.4) is 0 Å². The standard InChI is InChI=1S/C23H21ClN8O/c1-12-19-21(25)27-11-28-22(19)31(29-12)13(2)20-15-9-8-14(24)10-18(15)32(30-20)17-7-5-4-6-16(17)23(33)26-3/h4-11,13H,1-3H3,(H,26,33)(H2,25,27,28). The van der Waals surface area contributed by atoms with Crippen molar-refractivity contribution < 1.29 is 4.79 Å². The summed E-state index contributed by atoms with van der Waals surface area (Å²) in [5.74, 6) is 0.185. The summed E-state index contributed by atoms with van der Waals surface area (Å²) >= 11 is 6.34. The molecule has 1 amide bonds. The van der Waals surface area contributed by atoms with Crippen LogP contribution in [0, 0.1) is 6.92 Å². The maximum absolute atomic E-state index is 12.5. The second-order valence-electron chi connectivity index (χ2n) is 7.72. The molecule has 5 rings (SSSR count). The number of benzene rings is 2. The fourth-order valence-electron chi connectivity index (χ4n) is 4.14. The highest BCUT2D eigenvalue weighted by molar-refractivity contribution is 6.31. The highest BCUT2D eigenvalue weighted by Crippen LogP contribution is 2.33. The SMILES string of the molecule is CNC(=O)c1ccccc1-n1nc(C(C)n2nc(C)c3c(N)ncnc32)c2ccc(Cl)cc21. The molecule has 2 aromatic carbocycles. The average molecular weight is 461 g/mol. The van der Waals surface area contributed by atoms with E-state index in [0.717, 1.165) is 27.7 Å². The molecule has 10 heteroatoms. The Bertz CT molecular complexity index is 1540. The van der Waals surface area contributed by atoms with E-state index in [-0.39, 0.29) is 11.9 Å². The number of anilines is 1. The molecule has 0 saturated carbocycles. The van der Waals surface area contributed by atoms with Gasteiger partial charge in [0.1, 0.15) is 12.1 Å². The van der Waals surface area contributed by atoms with Crippen LogP contribution < -0.4 is 11.1 Å². The molecular formula is C23H21ClN8O. The zero-order chi connectivity index (χ0) is 23.3. The van der Waals surface area contributed by atoms with Gasteiger partial charge in [0.05, 0.1) is 39.6 Å². The summed E-state index contributed by atoms with van der Waals surface area (Å²) in [6.45, 7) is 3.87. The summed E-state index contributed by atoms with van der Waals surface area (Å²) < 4.78 is 3.55. The molecule has 0 aliphatic carbocycles. The molecule has 3 N–H and O–H groups in total. The molecule has 33 heavy (non-hydrogen) atoms. The zero-order valence-electron chi connectivity index (χ0n) is 18.2. The lowest BCUT2D eigenvalue weighted by Crippen LogP contribution is -2.20. The van der Waals surface area contributed by atoms with Crippen molar-refractivity contribution >= 4 is 45.3 Å². The Kier molecular flexibility index (Phi) is 4.98. The van der Waals surface area contributed by atoms with Crippen LogP contribution in [-0.2, 0) is 0 Å². The molecule has 1 atom stereocenters. The van der Waals surface area contributed by atoms with E-state index in [2.05, 4.69) is 20.4 Å². The first-order valence-electron chi connectivity index (χ1n) is 10.4. The molecule has 0 aliphatic rings. The van der Waals surface area contributed by atoms with Crippen molar-refractivity contribution in [3.63, 3.8) is 0 Å². The van der Waals surface area contributed by atoms with E-state index in [9.17, 15) is 4.79 Å². The number of carbonyl (C=O) groups excluding carboxylic acids is 1. The summed E-state index contributed by atoms with van der Waals surface area (Å²) in [7, 11) is 1.60. The molecule has 0 fully saturated rings. The summed E-state index contributed by atoms with van der Waals surface area (Å²) in [4.78, 5) is 21.0. The number of nitrogen functional groups attached to an aromatic ring is 1. The molecule has 0 radical (unpaired) electrons. The number of carbonyl (C=O) groups is 1. The monoisotopic (exact) mass is 460 g/mol. The Morgan fingerprint density at radius 2 is 1.94 bits per heavy atom. The Morgan fingerprint density at radius 1 is 1.15 bits per heavy atom. The number of para-hydroxylation sites is 1. The van der Waals surface area contributed by atoms with Crippen LogP contribution in [0.2, 0.25) is 5.02 Å². The Balaban J connectivity index is 1.76. The van der Waals surface area contributed by atoms with Gasteiger partial charge in [0.15, 0.2) is 5.65 Å². The van der Waals surface area contributed by atoms with E-state index in [1.807, 2.05) is 50.2 Å². The number of fused-ring (bicyclic) bond motifs is 2. The summed E-state index contributed by atoms with van der Waals surface area (Å²) in [5.41, 5.74) is 10.1. The second-order valence-corrected chi connectivity index (χ2v) is 8.15. The molecule has 166 valence electrons. The minimum absolute atomic E-state index is 0.202. The lowest BCUT2D eigenvalue weighted by molar-refractivity contribution is 0.0963. The number of halogens is 1. The number of nitrogens with one attached hydrogen (secondary N) is 1. The number of aryl methyl sites for hydroxylation is 1. The van der Waals surface area contributed by atoms with Gasteiger partial charge in [0.2, 0.25) is 0 Å². The second kappa shape index (κ2) is 7.86. The molecule has 3 aromatic heterocycles. The smallest absolute Gasteiger partial charge is 0.253 e. The quantitative estimate of drug-likeness (QED) is 0.422. The molecule has 0 spiro atoms. The Hall–Kier alpha value is -3.98. The molecule has 5 aromatic rings. The van der Waals surface area contributed by atoms with Gasteiger partial charge in [-0.1, -0.05) is 23.7 Å². The minimum Gasteiger partial charge on any atom is -0.383 e. The number of hydrogen-bond donors (Lipinski definition) is 2. The predicted molar refractivity (Wildman–Crippen MR) is 128 cm³/mol. The van der Waals surface area contributed by atoms with E-state index in [1.54, 1.807) is 22.5 Å². The maximum Gasteiger partial charge on any atom is 0.253 e. The third-order valence-corrected chi connectivity index (χ3v) is 5.97. The fraction of sp³-hybridized carbons (Fsp3) is 0.174. The maximum atomic E-state index is 12.5. The number of rotatable bonds is 4. The topological polar surface area (TPSA) is 117 Å². The van der Waals surface area contributed by atoms with Crippen LogP contribution in [0.15, 0.2) is 48.8 Å². The first-order valence-corrected chi connectivity index (χ1v) is 10.7. The van der Waals surface area contributed by atoms with Gasteiger partial charge >= 0.3 is 0 Å². The van der Waals surface area contributed by atoms with E-state index >= 15 is 0 Å². The number of nitrogens with two attached hydrogens (primary N) is 1. The van der Waals surface area contributed by atoms with Crippen LogP contribution in [0.1, 0.15) is 34.7 Å². The van der Waals surface area contributed by atoms with Crippen LogP contribution in [-0.4, -0.2) is 42.5 Å². The third-order valence-electron chi connectivity index (χ3n) is 5.73. The Morgan fingerprint density at radius 3 is 2.73 bits per heavy atom. The first kappa shape index (κ1) is 20.9. The van der Waals surface area contributed by atoms with Crippen molar-refractivity contribution in [2.24, 2.45) is 0 Å². The summed E-state index contributed by atoms with van der Waals surface area (Å²) in [6.07, 6.45) is 1.43. The predicted octanol–water partition coefficient (Wildman–Crippen LogP) is 3.68. The van der Waals surface area contributed by atoms with Crippen molar-refractivity contribution in [1.82, 2.24) is 34.8 Å². The van der Waals surface area contributed by atoms with Gasteiger partial charge in [0.25, 0.3) is 5.91 Å². The van der Waals surface area contributed by atoms with Gasteiger partial charge in [-0.05, 0) is 44.2 Å². The summed E-state index contributed by atoms with van der Waals surface area (Å²) in [6, 6.07) is 12.6. The van der Waals surface area contributed by atoms with Crippen LogP contribution in [0.5, 0.6) is 0 Å². The average Bonchev–Trinajstić information content (AvgIpc) is 3.36. The molecule has 0 saturated heterocycles. The highest BCUT2D eigenvalue weighted by atomic mass is 35.5. The van der Waals surface area contributed by atoms with E-state index in [1.165, 1.54) is 6.33 Å². The number of hydrogen-bond acceptors (Lipinski definition) is 6. The Labute approximate surface area is 194 Å². The number of nitrogens with zero attached hydrogens (tertiary/aromatic N) is 6. The van der Waals surface area contributed by atoms with Crippen LogP contribution >= 0.6 is 11.6 Å². The van der Waals surface area contributed by atoms with Gasteiger partial charge in [-0.3, -0.25) is 4.79 Å². The lowest BCUT2D eigenvalue weighted by Gasteiger charge is -2.11. The first-order chi connectivity index (χ1) is 15.9. The summed E-state index contributed by atoms with van der Waals surface area (Å²) in [5, 5.41) is 14.5. The van der Waals surface area contributed by atoms with Crippen molar-refractivity contribution in [2.45, 2.75) is 19.9 Å². The van der Waals surface area contributed by atoms with Crippen LogP contribution in [0.4, 0.5) is 5.82 Å². The normalized spacial score (nSPS) is 12.4. The van der Waals surface area contributed by atoms with Gasteiger partial charge in [-0.15, -0.1) is 0 Å². The van der Waals surface area contributed by atoms with Gasteiger partial charge in [0, 0.05) is 17.5 Å². The van der Waals surface area contributed by atoms with Crippen molar-refractivity contribution in [1.29, 1.82) is 0 Å². The zero-order valence-corrected chi connectivity index (χ0v) is 19.0. The molecule has 9 nitrogen and oxygen atoms in total. The molecule has 0 aliphatic heterocycles. The van der Waals surface area contributed by atoms with Crippen molar-refractivity contribution in [3.8, 4) is 5.69 Å². The molecule has 0 bridgehead atoms. The number of aromatic nitrogens is 6. The van der Waals surface area contributed by atoms with Gasteiger partial charge in [-0.2, -0.15) is 10.2 Å². The van der Waals surface area contributed by atoms with Crippen molar-refractivity contribution in [3.05, 3.63) is 70.8 Å². The van der Waals surface area contributed by atoms with Gasteiger partial charge in [-0.25, -0.2) is 19.3 Å². The third kappa shape index (κ3) is 3.28. The van der Waals surface area contributed by atoms with E-state index < -0.39 is 0 Å². The molecule has 3 heterocycles. The van der Waals surface area contributed by atoms with Crippen LogP contribution in [0.25, 0.3) is 27.6 Å². The minimum atomic E-state index is -0.285. The van der Waals surface area contributed by atoms with Gasteiger partial charge < -0.3 is 11.1 Å². The van der Waals surface area contributed by atoms with Crippen molar-refractivity contribution in [2.75, 3.05) is 12.8 Å². The fourth-order valence-corrected chi connectivity index (χ4v) is 4.31. The molecule has 1 unspecified atom stereocenters. The lowest BCUT2D eigenvalue weighted by atomic mass is 10.1. The highest BCUT2D eigenvalue weighted by Gasteiger charge is 2.24. The number of amides is 1. The largest absolute Gasteiger partial charge is 0.383 e. The molecular weight excluding hydrogens is 440 g/mol. The van der Waals surface area contributed by atoms with E-state index in [4.69, 9.17) is 22.4 Å².